The van der Waals surface area contributed by atoms with Crippen LogP contribution in [0.5, 0.6) is 5.75 Å². The summed E-state index contributed by atoms with van der Waals surface area (Å²) >= 11 is 1.61. The minimum absolute atomic E-state index is 0.0644. The molecule has 0 bridgehead atoms. The van der Waals surface area contributed by atoms with Crippen LogP contribution in [0.3, 0.4) is 0 Å². The third-order valence-corrected chi connectivity index (χ3v) is 6.41. The summed E-state index contributed by atoms with van der Waals surface area (Å²) in [6, 6.07) is 6.09. The number of hydrogen-bond acceptors (Lipinski definition) is 5. The average molecular weight is 427 g/mol. The molecule has 2 heterocycles. The van der Waals surface area contributed by atoms with E-state index in [9.17, 15) is 4.79 Å². The molecular formula is C23H30N4O2S. The summed E-state index contributed by atoms with van der Waals surface area (Å²) in [5, 5.41) is 10.1. The van der Waals surface area contributed by atoms with E-state index in [1.54, 1.807) is 11.3 Å². The van der Waals surface area contributed by atoms with Crippen LogP contribution in [0.25, 0.3) is 11.3 Å². The van der Waals surface area contributed by atoms with Gasteiger partial charge in [-0.25, -0.2) is 4.68 Å². The van der Waals surface area contributed by atoms with E-state index in [0.717, 1.165) is 34.8 Å². The first-order valence-electron chi connectivity index (χ1n) is 10.9. The number of amides is 1. The third-order valence-electron chi connectivity index (χ3n) is 5.58. The first-order valence-corrected chi connectivity index (χ1v) is 11.8. The highest BCUT2D eigenvalue weighted by Gasteiger charge is 2.20. The molecule has 0 radical (unpaired) electrons. The Hall–Kier alpha value is -2.41. The van der Waals surface area contributed by atoms with Gasteiger partial charge in [0, 0.05) is 22.7 Å². The highest BCUT2D eigenvalue weighted by molar-refractivity contribution is 7.07. The van der Waals surface area contributed by atoms with E-state index in [4.69, 9.17) is 14.8 Å². The second kappa shape index (κ2) is 9.16. The number of thiazole rings is 1. The van der Waals surface area contributed by atoms with Crippen molar-refractivity contribution in [2.75, 3.05) is 11.9 Å². The Kier molecular flexibility index (Phi) is 6.37. The molecule has 6 nitrogen and oxygen atoms in total. The van der Waals surface area contributed by atoms with Crippen LogP contribution in [0.1, 0.15) is 59.3 Å². The zero-order valence-electron chi connectivity index (χ0n) is 18.0. The van der Waals surface area contributed by atoms with Crippen LogP contribution in [0, 0.1) is 5.92 Å². The van der Waals surface area contributed by atoms with Gasteiger partial charge in [0.05, 0.1) is 11.4 Å². The van der Waals surface area contributed by atoms with E-state index in [1.165, 1.54) is 31.4 Å². The number of rotatable bonds is 5. The fraction of sp³-hybridized carbons (Fsp3) is 0.522. The fourth-order valence-corrected chi connectivity index (χ4v) is 5.06. The van der Waals surface area contributed by atoms with Gasteiger partial charge in [0.1, 0.15) is 5.75 Å². The topological polar surface area (TPSA) is 68.0 Å². The first-order chi connectivity index (χ1) is 14.5. The fourth-order valence-electron chi connectivity index (χ4n) is 4.10. The van der Waals surface area contributed by atoms with Crippen molar-refractivity contribution in [2.45, 2.75) is 65.3 Å². The number of carbonyl (C=O) groups excluding carboxylic acids is 1. The zero-order valence-corrected chi connectivity index (χ0v) is 18.8. The van der Waals surface area contributed by atoms with Crippen LogP contribution < -0.4 is 14.9 Å². The Morgan fingerprint density at radius 2 is 2.10 bits per heavy atom. The number of carbonyl (C=O) groups is 1. The number of aromatic nitrogens is 1. The normalized spacial score (nSPS) is 19.5. The Morgan fingerprint density at radius 3 is 2.83 bits per heavy atom. The minimum atomic E-state index is -0.127. The van der Waals surface area contributed by atoms with Crippen molar-refractivity contribution in [1.82, 2.24) is 4.68 Å². The van der Waals surface area contributed by atoms with Gasteiger partial charge in [0.15, 0.2) is 6.61 Å². The summed E-state index contributed by atoms with van der Waals surface area (Å²) in [4.78, 5) is 17.4. The second-order valence-corrected chi connectivity index (χ2v) is 9.22. The maximum Gasteiger partial charge on any atom is 0.262 e. The van der Waals surface area contributed by atoms with Gasteiger partial charge in [0.2, 0.25) is 4.80 Å². The molecule has 1 aromatic carbocycles. The second-order valence-electron chi connectivity index (χ2n) is 8.38. The maximum atomic E-state index is 11.7. The Morgan fingerprint density at radius 1 is 1.30 bits per heavy atom. The van der Waals surface area contributed by atoms with Gasteiger partial charge in [-0.3, -0.25) is 9.79 Å². The summed E-state index contributed by atoms with van der Waals surface area (Å²) in [6.45, 7) is 6.49. The molecule has 7 heteroatoms. The smallest absolute Gasteiger partial charge is 0.262 e. The van der Waals surface area contributed by atoms with Crippen molar-refractivity contribution >= 4 is 28.6 Å². The molecule has 1 aliphatic carbocycles. The van der Waals surface area contributed by atoms with E-state index in [1.807, 2.05) is 22.9 Å². The van der Waals surface area contributed by atoms with Crippen LogP contribution in [-0.2, 0) is 4.79 Å². The lowest BCUT2D eigenvalue weighted by Gasteiger charge is -2.22. The number of nitrogens with zero attached hydrogens (tertiary/aromatic N) is 3. The van der Waals surface area contributed by atoms with Gasteiger partial charge in [-0.05, 0) is 63.6 Å². The van der Waals surface area contributed by atoms with E-state index < -0.39 is 0 Å². The Balaban J connectivity index is 1.70. The summed E-state index contributed by atoms with van der Waals surface area (Å²) in [5.74, 6) is 1.41. The van der Waals surface area contributed by atoms with Gasteiger partial charge in [-0.2, -0.15) is 5.10 Å². The van der Waals surface area contributed by atoms with Crippen molar-refractivity contribution in [2.24, 2.45) is 16.0 Å². The van der Waals surface area contributed by atoms with Crippen LogP contribution in [-0.4, -0.2) is 28.9 Å². The number of anilines is 1. The molecule has 1 aromatic heterocycles. The number of ether oxygens (including phenoxy) is 1. The predicted octanol–water partition coefficient (Wildman–Crippen LogP) is 5.05. The quantitative estimate of drug-likeness (QED) is 0.727. The van der Waals surface area contributed by atoms with E-state index in [2.05, 4.69) is 31.5 Å². The molecule has 1 fully saturated rings. The van der Waals surface area contributed by atoms with E-state index in [0.29, 0.717) is 11.4 Å². The van der Waals surface area contributed by atoms with Crippen LogP contribution in [0.15, 0.2) is 33.7 Å². The van der Waals surface area contributed by atoms with E-state index >= 15 is 0 Å². The summed E-state index contributed by atoms with van der Waals surface area (Å²) in [7, 11) is 0. The molecule has 0 unspecified atom stereocenters. The summed E-state index contributed by atoms with van der Waals surface area (Å²) < 4.78 is 7.50. The number of hydrogen-bond donors (Lipinski definition) is 1. The lowest BCUT2D eigenvalue weighted by atomic mass is 9.85. The van der Waals surface area contributed by atoms with Crippen molar-refractivity contribution in [3.8, 4) is 17.0 Å². The standard InChI is InChI=1S/C23H30N4O2S/c1-4-5-16-6-9-18(10-7-16)26-27-20(14-30-23(27)24-15(2)3)17-8-11-21-19(12-17)25-22(28)13-29-21/h8,11-12,14-16H,4-7,9-10,13H2,1-3H3,(H,25,28). The molecule has 2 aromatic rings. The Labute approximate surface area is 181 Å². The molecule has 1 saturated carbocycles. The zero-order chi connectivity index (χ0) is 21.1. The molecule has 160 valence electrons. The largest absolute Gasteiger partial charge is 0.482 e. The number of fused-ring (bicyclic) bond motifs is 1. The molecule has 1 aliphatic heterocycles. The molecule has 30 heavy (non-hydrogen) atoms. The maximum absolute atomic E-state index is 11.7. The average Bonchev–Trinajstić information content (AvgIpc) is 3.10. The van der Waals surface area contributed by atoms with Crippen LogP contribution >= 0.6 is 11.3 Å². The molecule has 2 aliphatic rings. The van der Waals surface area contributed by atoms with Gasteiger partial charge >= 0.3 is 0 Å². The van der Waals surface area contributed by atoms with Crippen molar-refractivity contribution in [3.63, 3.8) is 0 Å². The lowest BCUT2D eigenvalue weighted by Crippen LogP contribution is -2.25. The van der Waals surface area contributed by atoms with Gasteiger partial charge in [-0.15, -0.1) is 11.3 Å². The molecule has 1 amide bonds. The minimum Gasteiger partial charge on any atom is -0.482 e. The number of benzene rings is 1. The van der Waals surface area contributed by atoms with Gasteiger partial charge in [-0.1, -0.05) is 19.8 Å². The van der Waals surface area contributed by atoms with Crippen molar-refractivity contribution < 1.29 is 9.53 Å². The highest BCUT2D eigenvalue weighted by atomic mass is 32.1. The molecule has 1 N–H and O–H groups in total. The molecule has 0 saturated heterocycles. The van der Waals surface area contributed by atoms with Gasteiger partial charge in [0.25, 0.3) is 5.91 Å². The molecular weight excluding hydrogens is 396 g/mol. The van der Waals surface area contributed by atoms with E-state index in [-0.39, 0.29) is 18.6 Å². The molecule has 0 atom stereocenters. The van der Waals surface area contributed by atoms with Gasteiger partial charge < -0.3 is 10.1 Å². The van der Waals surface area contributed by atoms with Crippen LogP contribution in [0.2, 0.25) is 0 Å². The van der Waals surface area contributed by atoms with Crippen molar-refractivity contribution in [1.29, 1.82) is 0 Å². The number of nitrogens with one attached hydrogen (secondary N) is 1. The lowest BCUT2D eigenvalue weighted by molar-refractivity contribution is -0.118. The predicted molar refractivity (Wildman–Crippen MR) is 122 cm³/mol. The summed E-state index contributed by atoms with van der Waals surface area (Å²) in [5.41, 5.74) is 3.94. The monoisotopic (exact) mass is 426 g/mol. The van der Waals surface area contributed by atoms with Crippen molar-refractivity contribution in [3.05, 3.63) is 28.4 Å². The molecule has 4 rings (SSSR count). The SMILES string of the molecule is CCCC1CCC(=Nn2c(-c3ccc4c(c3)NC(=O)CO4)csc2=NC(C)C)CC1. The third kappa shape index (κ3) is 4.67. The molecule has 0 spiro atoms. The van der Waals surface area contributed by atoms with Crippen LogP contribution in [0.4, 0.5) is 5.69 Å². The summed E-state index contributed by atoms with van der Waals surface area (Å²) in [6.07, 6.45) is 7.15. The first kappa shape index (κ1) is 20.8. The highest BCUT2D eigenvalue weighted by Crippen LogP contribution is 2.33. The Bertz CT molecular complexity index is 1010.